The highest BCUT2D eigenvalue weighted by molar-refractivity contribution is 7.17. The van der Waals surface area contributed by atoms with E-state index in [-0.39, 0.29) is 37.2 Å². The summed E-state index contributed by atoms with van der Waals surface area (Å²) in [4.78, 5) is 12.1. The van der Waals surface area contributed by atoms with Gasteiger partial charge in [0, 0.05) is 21.4 Å². The summed E-state index contributed by atoms with van der Waals surface area (Å²) >= 11 is 3.30. The molecule has 1 aliphatic rings. The summed E-state index contributed by atoms with van der Waals surface area (Å²) in [5.74, 6) is -1.16. The van der Waals surface area contributed by atoms with Gasteiger partial charge in [-0.2, -0.15) is 0 Å². The van der Waals surface area contributed by atoms with Gasteiger partial charge in [0.15, 0.2) is 5.60 Å². The number of carbonyl (C=O) groups is 1. The van der Waals surface area contributed by atoms with Crippen molar-refractivity contribution in [1.29, 1.82) is 0 Å². The molecule has 0 saturated carbocycles. The van der Waals surface area contributed by atoms with Crippen molar-refractivity contribution in [3.05, 3.63) is 81.8 Å². The molecular formula is C25H22O5S2. The summed E-state index contributed by atoms with van der Waals surface area (Å²) in [6.45, 7) is 0.181. The summed E-state index contributed by atoms with van der Waals surface area (Å²) in [5, 5.41) is 37.9. The number of hydrogen-bond donors (Lipinski definition) is 3. The number of aliphatic carboxylic acids is 1. The van der Waals surface area contributed by atoms with Crippen LogP contribution >= 0.6 is 22.7 Å². The smallest absolute Gasteiger partial charge is 0.340 e. The zero-order valence-electron chi connectivity index (χ0n) is 17.2. The highest BCUT2D eigenvalue weighted by Gasteiger charge is 2.47. The van der Waals surface area contributed by atoms with Gasteiger partial charge in [-0.3, -0.25) is 0 Å². The topological polar surface area (TPSA) is 87.0 Å². The zero-order valence-corrected chi connectivity index (χ0v) is 18.8. The van der Waals surface area contributed by atoms with E-state index < -0.39 is 17.7 Å². The Morgan fingerprint density at radius 2 is 1.62 bits per heavy atom. The molecule has 5 nitrogen and oxygen atoms in total. The molecule has 0 saturated heterocycles. The maximum absolute atomic E-state index is 12.1. The molecule has 5 rings (SSSR count). The first-order valence-electron chi connectivity index (χ1n) is 10.4. The minimum absolute atomic E-state index is 0.0623. The van der Waals surface area contributed by atoms with Crippen molar-refractivity contribution in [3.8, 4) is 0 Å². The molecule has 2 aromatic carbocycles. The molecule has 2 aromatic heterocycles. The second-order valence-electron chi connectivity index (χ2n) is 8.11. The van der Waals surface area contributed by atoms with Gasteiger partial charge < -0.3 is 20.1 Å². The number of benzene rings is 2. The third-order valence-corrected chi connectivity index (χ3v) is 7.84. The molecule has 3 N–H and O–H groups in total. The van der Waals surface area contributed by atoms with Gasteiger partial charge in [0.25, 0.3) is 0 Å². The number of aliphatic hydroxyl groups excluding tert-OH is 1. The minimum atomic E-state index is -2.07. The van der Waals surface area contributed by atoms with E-state index in [2.05, 4.69) is 0 Å². The van der Waals surface area contributed by atoms with E-state index in [9.17, 15) is 20.1 Å². The Hall–Kier alpha value is -2.71. The summed E-state index contributed by atoms with van der Waals surface area (Å²) < 4.78 is 8.34. The molecule has 0 fully saturated rings. The molecule has 2 heterocycles. The second-order valence-corrected chi connectivity index (χ2v) is 10.0. The molecule has 7 heteroatoms. The molecule has 2 atom stereocenters. The van der Waals surface area contributed by atoms with Crippen LogP contribution in [0.4, 0.5) is 0 Å². The first kappa shape index (κ1) is 21.2. The molecule has 4 aromatic rings. The molecule has 0 aliphatic heterocycles. The van der Waals surface area contributed by atoms with Crippen LogP contribution in [0.15, 0.2) is 70.6 Å². The normalized spacial score (nSPS) is 21.4. The Labute approximate surface area is 192 Å². The molecule has 0 amide bonds. The lowest BCUT2D eigenvalue weighted by molar-refractivity contribution is -0.157. The Kier molecular flexibility index (Phi) is 5.51. The average Bonchev–Trinajstić information content (AvgIpc) is 3.44. The Balaban J connectivity index is 1.51. The lowest BCUT2D eigenvalue weighted by atomic mass is 9.78. The van der Waals surface area contributed by atoms with Gasteiger partial charge in [0.1, 0.15) is 18.5 Å². The number of aliphatic hydroxyl groups is 2. The Morgan fingerprint density at radius 3 is 2.28 bits per heavy atom. The van der Waals surface area contributed by atoms with Gasteiger partial charge in [-0.1, -0.05) is 12.1 Å². The Bertz CT molecular complexity index is 1330. The molecule has 1 aliphatic carbocycles. The predicted molar refractivity (Wildman–Crippen MR) is 127 cm³/mol. The van der Waals surface area contributed by atoms with Gasteiger partial charge >= 0.3 is 5.97 Å². The van der Waals surface area contributed by atoms with E-state index in [1.807, 2.05) is 59.3 Å². The quantitative estimate of drug-likeness (QED) is 0.368. The molecule has 0 bridgehead atoms. The fourth-order valence-corrected chi connectivity index (χ4v) is 5.82. The maximum atomic E-state index is 12.1. The van der Waals surface area contributed by atoms with Crippen LogP contribution in [0.5, 0.6) is 0 Å². The first-order valence-corrected chi connectivity index (χ1v) is 12.1. The van der Waals surface area contributed by atoms with E-state index in [0.29, 0.717) is 0 Å². The Morgan fingerprint density at radius 1 is 1.00 bits per heavy atom. The predicted octanol–water partition coefficient (Wildman–Crippen LogP) is 5.10. The number of hydrogen-bond acceptors (Lipinski definition) is 6. The van der Waals surface area contributed by atoms with Crippen molar-refractivity contribution < 1.29 is 24.9 Å². The molecule has 0 unspecified atom stereocenters. The van der Waals surface area contributed by atoms with Crippen LogP contribution in [0.2, 0.25) is 0 Å². The largest absolute Gasteiger partial charge is 0.490 e. The number of fused-ring (bicyclic) bond motifs is 2. The van der Waals surface area contributed by atoms with E-state index in [1.165, 1.54) is 4.70 Å². The van der Waals surface area contributed by atoms with E-state index >= 15 is 0 Å². The lowest BCUT2D eigenvalue weighted by Gasteiger charge is -2.35. The highest BCUT2D eigenvalue weighted by Crippen LogP contribution is 2.38. The zero-order chi connectivity index (χ0) is 22.3. The van der Waals surface area contributed by atoms with Crippen LogP contribution in [0.1, 0.15) is 24.0 Å². The molecule has 164 valence electrons. The fourth-order valence-electron chi connectivity index (χ4n) is 4.28. The number of carboxylic acids is 1. The third kappa shape index (κ3) is 3.82. The first-order chi connectivity index (χ1) is 15.4. The second kappa shape index (κ2) is 8.33. The fraction of sp³-hybridized carbons (Fsp3) is 0.240. The van der Waals surface area contributed by atoms with E-state index in [1.54, 1.807) is 22.7 Å². The van der Waals surface area contributed by atoms with Crippen LogP contribution in [-0.4, -0.2) is 33.0 Å². The van der Waals surface area contributed by atoms with Crippen molar-refractivity contribution in [3.63, 3.8) is 0 Å². The molecule has 32 heavy (non-hydrogen) atoms. The average molecular weight is 467 g/mol. The van der Waals surface area contributed by atoms with E-state index in [0.717, 1.165) is 26.6 Å². The van der Waals surface area contributed by atoms with Gasteiger partial charge in [-0.15, -0.1) is 22.7 Å². The minimum Gasteiger partial charge on any atom is -0.490 e. The lowest BCUT2D eigenvalue weighted by Crippen LogP contribution is -2.46. The van der Waals surface area contributed by atoms with Crippen LogP contribution in [0.3, 0.4) is 0 Å². The number of carboxylic acid groups (broad SMARTS) is 1. The van der Waals surface area contributed by atoms with Crippen LogP contribution in [0, 0.1) is 0 Å². The third-order valence-electron chi connectivity index (χ3n) is 6.04. The van der Waals surface area contributed by atoms with Crippen LogP contribution in [0.25, 0.3) is 20.2 Å². The highest BCUT2D eigenvalue weighted by atomic mass is 32.1. The van der Waals surface area contributed by atoms with Crippen molar-refractivity contribution in [2.24, 2.45) is 0 Å². The summed E-state index contributed by atoms with van der Waals surface area (Å²) in [7, 11) is 0. The molecule has 0 radical (unpaired) electrons. The number of thiophene rings is 2. The van der Waals surface area contributed by atoms with Crippen molar-refractivity contribution in [1.82, 2.24) is 0 Å². The van der Waals surface area contributed by atoms with Gasteiger partial charge in [0.05, 0.1) is 0 Å². The summed E-state index contributed by atoms with van der Waals surface area (Å²) in [6, 6.07) is 16.0. The number of rotatable bonds is 6. The SMILES string of the molecule is O=C(O)[C@@]1(O)CC[C@H](O)C(OCc2ccc3sccc3c2)=C1Cc1ccc2sccc2c1. The van der Waals surface area contributed by atoms with Crippen molar-refractivity contribution >= 4 is 48.8 Å². The van der Waals surface area contributed by atoms with Gasteiger partial charge in [0.2, 0.25) is 0 Å². The van der Waals surface area contributed by atoms with Crippen molar-refractivity contribution in [2.75, 3.05) is 0 Å². The molecule has 0 spiro atoms. The number of ether oxygens (including phenoxy) is 1. The standard InChI is InChI=1S/C25H22O5S2/c26-20-5-8-25(29,24(27)28)19(13-15-1-3-21-17(11-15)6-9-31-21)23(20)30-14-16-2-4-22-18(12-16)7-10-32-22/h1-4,6-7,9-12,20,26,29H,5,8,13-14H2,(H,27,28)/t20-,25+/m0/s1. The maximum Gasteiger partial charge on any atom is 0.340 e. The monoisotopic (exact) mass is 466 g/mol. The van der Waals surface area contributed by atoms with Crippen LogP contribution in [-0.2, 0) is 22.6 Å². The van der Waals surface area contributed by atoms with E-state index in [4.69, 9.17) is 4.74 Å². The van der Waals surface area contributed by atoms with Gasteiger partial charge in [-0.25, -0.2) is 4.79 Å². The summed E-state index contributed by atoms with van der Waals surface area (Å²) in [6.07, 6.45) is -0.716. The van der Waals surface area contributed by atoms with Crippen LogP contribution < -0.4 is 0 Å². The van der Waals surface area contributed by atoms with Gasteiger partial charge in [-0.05, 0) is 81.9 Å². The van der Waals surface area contributed by atoms with Crippen molar-refractivity contribution in [2.45, 2.75) is 37.6 Å². The molecular weight excluding hydrogens is 444 g/mol. The summed E-state index contributed by atoms with van der Waals surface area (Å²) in [5.41, 5.74) is -0.0790.